The zero-order chi connectivity index (χ0) is 37.3. The summed E-state index contributed by atoms with van der Waals surface area (Å²) >= 11 is 0. The predicted octanol–water partition coefficient (Wildman–Crippen LogP) is 8.59. The van der Waals surface area contributed by atoms with Gasteiger partial charge >= 0.3 is 5.97 Å². The maximum absolute atomic E-state index is 13.4. The Morgan fingerprint density at radius 3 is 2.26 bits per heavy atom. The zero-order valence-electron chi connectivity index (χ0n) is 30.1. The molecule has 6 aromatic rings. The van der Waals surface area contributed by atoms with Crippen LogP contribution in [0.15, 0.2) is 115 Å². The van der Waals surface area contributed by atoms with Gasteiger partial charge in [0, 0.05) is 41.0 Å². The molecule has 6 rings (SSSR count). The SMILES string of the molecule is COC(=O)CCCc1ccc(-c2cccc(NC(=O)c3cccc(CCc4cc(C)c5ncc(C(N)=O)c(Nc6cccc(OC)c6)c5c4)c3)c2)cc1. The largest absolute Gasteiger partial charge is 0.497 e. The third kappa shape index (κ3) is 9.07. The van der Waals surface area contributed by atoms with Crippen molar-refractivity contribution in [1.29, 1.82) is 0 Å². The highest BCUT2D eigenvalue weighted by atomic mass is 16.5. The Kier molecular flexibility index (Phi) is 11.4. The van der Waals surface area contributed by atoms with Gasteiger partial charge in [0.2, 0.25) is 0 Å². The van der Waals surface area contributed by atoms with Gasteiger partial charge in [-0.3, -0.25) is 19.4 Å². The average Bonchev–Trinajstić information content (AvgIpc) is 3.17. The first-order chi connectivity index (χ1) is 25.7. The minimum atomic E-state index is -0.575. The second kappa shape index (κ2) is 16.7. The first-order valence-corrected chi connectivity index (χ1v) is 17.5. The molecule has 1 aromatic heterocycles. The Labute approximate surface area is 309 Å². The average molecular weight is 707 g/mol. The lowest BCUT2D eigenvalue weighted by Gasteiger charge is -2.16. The number of nitrogens with two attached hydrogens (primary N) is 1. The molecular formula is C44H42N4O5. The number of pyridine rings is 1. The molecule has 0 bridgehead atoms. The number of aryl methyl sites for hydroxylation is 4. The van der Waals surface area contributed by atoms with Crippen LogP contribution in [0.4, 0.5) is 17.1 Å². The van der Waals surface area contributed by atoms with Gasteiger partial charge in [0.15, 0.2) is 0 Å². The van der Waals surface area contributed by atoms with Gasteiger partial charge in [-0.05, 0) is 108 Å². The van der Waals surface area contributed by atoms with E-state index in [1.165, 1.54) is 13.3 Å². The molecule has 9 heteroatoms. The molecule has 0 aliphatic carbocycles. The third-order valence-corrected chi connectivity index (χ3v) is 9.20. The molecule has 53 heavy (non-hydrogen) atoms. The van der Waals surface area contributed by atoms with Crippen LogP contribution < -0.4 is 21.1 Å². The fraction of sp³-hybridized carbons (Fsp3) is 0.182. The van der Waals surface area contributed by atoms with Crippen molar-refractivity contribution in [3.8, 4) is 16.9 Å². The van der Waals surface area contributed by atoms with E-state index in [4.69, 9.17) is 15.2 Å². The van der Waals surface area contributed by atoms with Gasteiger partial charge in [0.05, 0.1) is 31.0 Å². The molecule has 0 fully saturated rings. The third-order valence-electron chi connectivity index (χ3n) is 9.20. The number of carbonyl (C=O) groups is 3. The van der Waals surface area contributed by atoms with Crippen LogP contribution in [0.3, 0.4) is 0 Å². The lowest BCUT2D eigenvalue weighted by molar-refractivity contribution is -0.140. The number of anilines is 3. The highest BCUT2D eigenvalue weighted by Crippen LogP contribution is 2.33. The van der Waals surface area contributed by atoms with Crippen molar-refractivity contribution < 1.29 is 23.9 Å². The fourth-order valence-corrected chi connectivity index (χ4v) is 6.41. The van der Waals surface area contributed by atoms with E-state index < -0.39 is 5.91 Å². The van der Waals surface area contributed by atoms with Gasteiger partial charge in [-0.15, -0.1) is 0 Å². The van der Waals surface area contributed by atoms with Crippen molar-refractivity contribution in [2.24, 2.45) is 5.73 Å². The van der Waals surface area contributed by atoms with Crippen molar-refractivity contribution in [2.45, 2.75) is 39.0 Å². The summed E-state index contributed by atoms with van der Waals surface area (Å²) in [6.45, 7) is 2.00. The Hall–Kier alpha value is -6.48. The van der Waals surface area contributed by atoms with E-state index in [1.807, 2.05) is 85.8 Å². The van der Waals surface area contributed by atoms with Gasteiger partial charge in [-0.25, -0.2) is 0 Å². The first-order valence-electron chi connectivity index (χ1n) is 17.5. The number of hydrogen-bond donors (Lipinski definition) is 3. The maximum atomic E-state index is 13.4. The topological polar surface area (TPSA) is 133 Å². The molecule has 0 atom stereocenters. The smallest absolute Gasteiger partial charge is 0.305 e. The van der Waals surface area contributed by atoms with Gasteiger partial charge < -0.3 is 25.8 Å². The molecule has 0 spiro atoms. The Balaban J connectivity index is 1.15. The summed E-state index contributed by atoms with van der Waals surface area (Å²) in [7, 11) is 3.01. The van der Waals surface area contributed by atoms with E-state index in [0.717, 1.165) is 62.8 Å². The molecule has 9 nitrogen and oxygen atoms in total. The summed E-state index contributed by atoms with van der Waals surface area (Å²) in [6.07, 6.45) is 4.85. The van der Waals surface area contributed by atoms with Crippen molar-refractivity contribution in [1.82, 2.24) is 4.98 Å². The zero-order valence-corrected chi connectivity index (χ0v) is 30.1. The van der Waals surface area contributed by atoms with Crippen LogP contribution in [0.25, 0.3) is 22.0 Å². The van der Waals surface area contributed by atoms with Gasteiger partial charge in [-0.1, -0.05) is 60.7 Å². The van der Waals surface area contributed by atoms with Crippen molar-refractivity contribution in [2.75, 3.05) is 24.9 Å². The Bertz CT molecular complexity index is 2280. The Morgan fingerprint density at radius 2 is 1.49 bits per heavy atom. The molecule has 5 aromatic carbocycles. The number of benzene rings is 5. The van der Waals surface area contributed by atoms with E-state index in [-0.39, 0.29) is 11.9 Å². The summed E-state index contributed by atoms with van der Waals surface area (Å²) < 4.78 is 10.1. The van der Waals surface area contributed by atoms with Crippen molar-refractivity contribution in [3.05, 3.63) is 149 Å². The molecule has 0 unspecified atom stereocenters. The summed E-state index contributed by atoms with van der Waals surface area (Å²) in [5.74, 6) is -0.279. The summed E-state index contributed by atoms with van der Waals surface area (Å²) in [5, 5.41) is 7.24. The van der Waals surface area contributed by atoms with Gasteiger partial charge in [0.25, 0.3) is 11.8 Å². The van der Waals surface area contributed by atoms with Gasteiger partial charge in [-0.2, -0.15) is 0 Å². The molecule has 0 saturated heterocycles. The number of primary amides is 1. The van der Waals surface area contributed by atoms with E-state index in [0.29, 0.717) is 47.5 Å². The van der Waals surface area contributed by atoms with Crippen LogP contribution in [0.2, 0.25) is 0 Å². The van der Waals surface area contributed by atoms with E-state index in [9.17, 15) is 14.4 Å². The normalized spacial score (nSPS) is 10.8. The number of amides is 2. The number of carbonyl (C=O) groups excluding carboxylic acids is 3. The van der Waals surface area contributed by atoms with Crippen LogP contribution in [-0.4, -0.2) is 37.0 Å². The molecule has 0 aliphatic heterocycles. The maximum Gasteiger partial charge on any atom is 0.305 e. The standard InChI is InChI=1S/C44H42N4O5/c1-28-22-31(24-38-41(28)46-27-39(43(45)50)42(38)47-36-13-7-14-37(26-36)52-2)17-16-30-9-4-11-34(23-30)44(51)48-35-12-6-10-33(25-35)32-20-18-29(19-21-32)8-5-15-40(49)53-3/h4,6-7,9-14,18-27H,5,8,15-17H2,1-3H3,(H2,45,50)(H,46,47)(H,48,51). The number of methoxy groups -OCH3 is 2. The van der Waals surface area contributed by atoms with Crippen LogP contribution >= 0.6 is 0 Å². The minimum Gasteiger partial charge on any atom is -0.497 e. The molecule has 0 aliphatic rings. The molecule has 0 radical (unpaired) electrons. The number of hydrogen-bond acceptors (Lipinski definition) is 7. The minimum absolute atomic E-state index is 0.190. The highest BCUT2D eigenvalue weighted by molar-refractivity contribution is 6.08. The van der Waals surface area contributed by atoms with Crippen LogP contribution in [0, 0.1) is 6.92 Å². The highest BCUT2D eigenvalue weighted by Gasteiger charge is 2.17. The summed E-state index contributed by atoms with van der Waals surface area (Å²) in [6, 6.07) is 35.3. The van der Waals surface area contributed by atoms with E-state index in [1.54, 1.807) is 7.11 Å². The number of rotatable bonds is 14. The van der Waals surface area contributed by atoms with Crippen molar-refractivity contribution in [3.63, 3.8) is 0 Å². The van der Waals surface area contributed by atoms with Gasteiger partial charge in [0.1, 0.15) is 5.75 Å². The molecule has 1 heterocycles. The number of nitrogens with zero attached hydrogens (tertiary/aromatic N) is 1. The quantitative estimate of drug-likeness (QED) is 0.0967. The second-order valence-electron chi connectivity index (χ2n) is 12.9. The number of aromatic nitrogens is 1. The van der Waals surface area contributed by atoms with Crippen molar-refractivity contribution >= 4 is 45.7 Å². The molecular weight excluding hydrogens is 665 g/mol. The van der Waals surface area contributed by atoms with E-state index >= 15 is 0 Å². The predicted molar refractivity (Wildman–Crippen MR) is 210 cm³/mol. The summed E-state index contributed by atoms with van der Waals surface area (Å²) in [5.41, 5.74) is 15.7. The number of nitrogens with one attached hydrogen (secondary N) is 2. The fourth-order valence-electron chi connectivity index (χ4n) is 6.41. The summed E-state index contributed by atoms with van der Waals surface area (Å²) in [4.78, 5) is 41.9. The number of fused-ring (bicyclic) bond motifs is 1. The Morgan fingerprint density at radius 1 is 0.736 bits per heavy atom. The lowest BCUT2D eigenvalue weighted by Crippen LogP contribution is -2.14. The molecule has 2 amide bonds. The number of ether oxygens (including phenoxy) is 2. The van der Waals surface area contributed by atoms with E-state index in [2.05, 4.69) is 45.9 Å². The van der Waals surface area contributed by atoms with Crippen LogP contribution in [-0.2, 0) is 28.8 Å². The van der Waals surface area contributed by atoms with Crippen LogP contribution in [0.5, 0.6) is 5.75 Å². The van der Waals surface area contributed by atoms with Crippen LogP contribution in [0.1, 0.15) is 55.8 Å². The molecule has 268 valence electrons. The second-order valence-corrected chi connectivity index (χ2v) is 12.9. The monoisotopic (exact) mass is 706 g/mol. The lowest BCUT2D eigenvalue weighted by atomic mass is 9.97. The molecule has 0 saturated carbocycles. The number of esters is 1. The first kappa shape index (κ1) is 36.3. The molecule has 4 N–H and O–H groups in total.